The van der Waals surface area contributed by atoms with Gasteiger partial charge in [0.25, 0.3) is 0 Å². The number of aromatic nitrogens is 2. The third kappa shape index (κ3) is 7.18. The molecule has 208 valence electrons. The van der Waals surface area contributed by atoms with Crippen molar-refractivity contribution in [3.05, 3.63) is 144 Å². The fourth-order valence-electron chi connectivity index (χ4n) is 4.89. The van der Waals surface area contributed by atoms with E-state index < -0.39 is 0 Å². The summed E-state index contributed by atoms with van der Waals surface area (Å²) in [6.45, 7) is 0.828. The van der Waals surface area contributed by atoms with Crippen LogP contribution in [0.25, 0.3) is 21.8 Å². The number of fused-ring (bicyclic) bond motifs is 2. The van der Waals surface area contributed by atoms with Crippen LogP contribution in [0.1, 0.15) is 35.4 Å². The maximum absolute atomic E-state index is 12.6. The Balaban J connectivity index is 0.911. The van der Waals surface area contributed by atoms with Crippen LogP contribution in [0.15, 0.2) is 121 Å². The summed E-state index contributed by atoms with van der Waals surface area (Å²) in [5.74, 6) is 1.85. The van der Waals surface area contributed by atoms with Crippen LogP contribution in [-0.4, -0.2) is 15.8 Å². The highest BCUT2D eigenvalue weighted by atomic mass is 16.5. The molecule has 2 aromatic heterocycles. The van der Waals surface area contributed by atoms with Gasteiger partial charge in [0.1, 0.15) is 30.5 Å². The fraction of sp³-hybridized carbons (Fsp3) is 0.162. The molecule has 0 amide bonds. The first kappa shape index (κ1) is 27.2. The smallest absolute Gasteiger partial charge is 0.133 e. The molecule has 6 aromatic rings. The van der Waals surface area contributed by atoms with E-state index in [1.165, 1.54) is 0 Å². The molecule has 0 N–H and O–H groups in total. The van der Waals surface area contributed by atoms with E-state index >= 15 is 0 Å². The van der Waals surface area contributed by atoms with Crippen molar-refractivity contribution < 1.29 is 14.3 Å². The molecule has 0 spiro atoms. The number of benzene rings is 4. The SMILES string of the molecule is O=C(CCc1ccc(OCc2ccc3ccccc3n2)cc1)CCc1ccc(OCc2ccc3ccccc3n2)cc1. The average molecular weight is 553 g/mol. The van der Waals surface area contributed by atoms with Crippen LogP contribution in [0.5, 0.6) is 11.5 Å². The number of carbonyl (C=O) groups excluding carboxylic acids is 1. The van der Waals surface area contributed by atoms with Gasteiger partial charge in [0, 0.05) is 23.6 Å². The van der Waals surface area contributed by atoms with Crippen LogP contribution >= 0.6 is 0 Å². The number of ketones is 1. The number of hydrogen-bond donors (Lipinski definition) is 0. The van der Waals surface area contributed by atoms with E-state index in [0.29, 0.717) is 26.1 Å². The molecule has 0 aliphatic carbocycles. The van der Waals surface area contributed by atoms with Gasteiger partial charge in [0.05, 0.1) is 22.4 Å². The second-order valence-corrected chi connectivity index (χ2v) is 10.4. The highest BCUT2D eigenvalue weighted by Crippen LogP contribution is 2.19. The summed E-state index contributed by atoms with van der Waals surface area (Å²) >= 11 is 0. The van der Waals surface area contributed by atoms with Crippen molar-refractivity contribution in [3.8, 4) is 11.5 Å². The molecule has 2 heterocycles. The first-order chi connectivity index (χ1) is 20.7. The number of ether oxygens (including phenoxy) is 2. The van der Waals surface area contributed by atoms with Gasteiger partial charge in [-0.15, -0.1) is 0 Å². The summed E-state index contributed by atoms with van der Waals surface area (Å²) in [7, 11) is 0. The molecule has 4 aromatic carbocycles. The van der Waals surface area contributed by atoms with E-state index in [0.717, 1.165) is 68.7 Å². The molecule has 0 bridgehead atoms. The van der Waals surface area contributed by atoms with Crippen molar-refractivity contribution in [2.45, 2.75) is 38.9 Å². The van der Waals surface area contributed by atoms with Crippen LogP contribution in [-0.2, 0) is 30.8 Å². The van der Waals surface area contributed by atoms with Crippen LogP contribution < -0.4 is 9.47 Å². The number of para-hydroxylation sites is 2. The normalized spacial score (nSPS) is 11.0. The largest absolute Gasteiger partial charge is 0.487 e. The molecular weight excluding hydrogens is 520 g/mol. The van der Waals surface area contributed by atoms with Crippen molar-refractivity contribution >= 4 is 27.6 Å². The molecule has 0 aliphatic rings. The lowest BCUT2D eigenvalue weighted by atomic mass is 10.0. The van der Waals surface area contributed by atoms with Gasteiger partial charge in [-0.3, -0.25) is 4.79 Å². The molecule has 5 nitrogen and oxygen atoms in total. The van der Waals surface area contributed by atoms with Crippen LogP contribution in [0.3, 0.4) is 0 Å². The van der Waals surface area contributed by atoms with Crippen molar-refractivity contribution in [2.24, 2.45) is 0 Å². The van der Waals surface area contributed by atoms with Crippen molar-refractivity contribution in [1.29, 1.82) is 0 Å². The Morgan fingerprint density at radius 1 is 0.500 bits per heavy atom. The zero-order valence-corrected chi connectivity index (χ0v) is 23.4. The quantitative estimate of drug-likeness (QED) is 0.154. The number of aryl methyl sites for hydroxylation is 2. The standard InChI is InChI=1S/C37H32N2O3/c40-33(19-9-27-11-21-34(22-12-27)41-25-31-17-15-29-5-1-3-7-36(29)38-31)20-10-28-13-23-35(24-14-28)42-26-32-18-16-30-6-2-4-8-37(30)39-32/h1-8,11-18,21-24H,9-10,19-20,25-26H2. The minimum Gasteiger partial charge on any atom is -0.487 e. The van der Waals surface area contributed by atoms with Crippen molar-refractivity contribution in [3.63, 3.8) is 0 Å². The first-order valence-corrected chi connectivity index (χ1v) is 14.3. The van der Waals surface area contributed by atoms with E-state index in [4.69, 9.17) is 9.47 Å². The van der Waals surface area contributed by atoms with Gasteiger partial charge in [-0.25, -0.2) is 9.97 Å². The maximum Gasteiger partial charge on any atom is 0.133 e. The summed E-state index contributed by atoms with van der Waals surface area (Å²) in [6.07, 6.45) is 2.50. The summed E-state index contributed by atoms with van der Waals surface area (Å²) in [5.41, 5.74) is 5.97. The number of rotatable bonds is 12. The zero-order valence-electron chi connectivity index (χ0n) is 23.4. The Kier molecular flexibility index (Phi) is 8.46. The minimum absolute atomic E-state index is 0.264. The highest BCUT2D eigenvalue weighted by molar-refractivity contribution is 5.79. The molecular formula is C37H32N2O3. The predicted octanol–water partition coefficient (Wildman–Crippen LogP) is 8.08. The number of carbonyl (C=O) groups is 1. The highest BCUT2D eigenvalue weighted by Gasteiger charge is 2.06. The van der Waals surface area contributed by atoms with Gasteiger partial charge in [-0.05, 0) is 72.5 Å². The Morgan fingerprint density at radius 3 is 1.38 bits per heavy atom. The monoisotopic (exact) mass is 552 g/mol. The molecule has 0 aliphatic heterocycles. The molecule has 0 saturated heterocycles. The van der Waals surface area contributed by atoms with Gasteiger partial charge < -0.3 is 9.47 Å². The van der Waals surface area contributed by atoms with E-state index in [1.54, 1.807) is 0 Å². The second kappa shape index (κ2) is 13.1. The number of nitrogens with zero attached hydrogens (tertiary/aromatic N) is 2. The molecule has 0 saturated carbocycles. The van der Waals surface area contributed by atoms with Crippen LogP contribution in [0.2, 0.25) is 0 Å². The molecule has 42 heavy (non-hydrogen) atoms. The van der Waals surface area contributed by atoms with E-state index in [2.05, 4.69) is 34.2 Å². The molecule has 0 atom stereocenters. The molecule has 0 radical (unpaired) electrons. The Bertz CT molecular complexity index is 1660. The van der Waals surface area contributed by atoms with Gasteiger partial charge in [-0.2, -0.15) is 0 Å². The molecule has 0 unspecified atom stereocenters. The minimum atomic E-state index is 0.264. The Labute approximate surface area is 245 Å². The third-order valence-corrected chi connectivity index (χ3v) is 7.32. The van der Waals surface area contributed by atoms with Gasteiger partial charge in [0.15, 0.2) is 0 Å². The van der Waals surface area contributed by atoms with E-state index in [1.807, 2.05) is 97.1 Å². The van der Waals surface area contributed by atoms with E-state index in [-0.39, 0.29) is 5.78 Å². The lowest BCUT2D eigenvalue weighted by Gasteiger charge is -2.08. The molecule has 0 fully saturated rings. The van der Waals surface area contributed by atoms with Gasteiger partial charge >= 0.3 is 0 Å². The molecule has 5 heteroatoms. The summed E-state index contributed by atoms with van der Waals surface area (Å²) < 4.78 is 11.9. The topological polar surface area (TPSA) is 61.3 Å². The summed E-state index contributed by atoms with van der Waals surface area (Å²) in [5, 5.41) is 2.24. The Morgan fingerprint density at radius 2 is 0.929 bits per heavy atom. The maximum atomic E-state index is 12.6. The zero-order chi connectivity index (χ0) is 28.6. The fourth-order valence-corrected chi connectivity index (χ4v) is 4.89. The van der Waals surface area contributed by atoms with Crippen LogP contribution in [0, 0.1) is 0 Å². The second-order valence-electron chi connectivity index (χ2n) is 10.4. The predicted molar refractivity (Wildman–Crippen MR) is 167 cm³/mol. The Hall–Kier alpha value is -5.03. The average Bonchev–Trinajstić information content (AvgIpc) is 3.05. The van der Waals surface area contributed by atoms with Crippen molar-refractivity contribution in [1.82, 2.24) is 9.97 Å². The molecule has 6 rings (SSSR count). The third-order valence-electron chi connectivity index (χ3n) is 7.32. The first-order valence-electron chi connectivity index (χ1n) is 14.3. The lowest BCUT2D eigenvalue weighted by molar-refractivity contribution is -0.119. The number of Topliss-reactive ketones (excluding diaryl/α,β-unsaturated/α-hetero) is 1. The lowest BCUT2D eigenvalue weighted by Crippen LogP contribution is -2.03. The summed E-state index contributed by atoms with van der Waals surface area (Å²) in [4.78, 5) is 21.9. The number of pyridine rings is 2. The van der Waals surface area contributed by atoms with Crippen LogP contribution in [0.4, 0.5) is 0 Å². The van der Waals surface area contributed by atoms with Crippen molar-refractivity contribution in [2.75, 3.05) is 0 Å². The van der Waals surface area contributed by atoms with Gasteiger partial charge in [0.2, 0.25) is 0 Å². The number of hydrogen-bond acceptors (Lipinski definition) is 5. The van der Waals surface area contributed by atoms with E-state index in [9.17, 15) is 4.79 Å². The van der Waals surface area contributed by atoms with Gasteiger partial charge in [-0.1, -0.05) is 72.8 Å². The summed E-state index contributed by atoms with van der Waals surface area (Å²) in [6, 6.07) is 40.2.